The number of Topliss-reactive ketones (excluding diaryl/α,β-unsaturated/α-hetero) is 2. The maximum Gasteiger partial charge on any atom is 0.159 e. The van der Waals surface area contributed by atoms with Gasteiger partial charge in [0.15, 0.2) is 5.78 Å². The zero-order chi connectivity index (χ0) is 14.6. The van der Waals surface area contributed by atoms with Crippen LogP contribution < -0.4 is 0 Å². The molecule has 0 spiro atoms. The number of benzene rings is 1. The van der Waals surface area contributed by atoms with Gasteiger partial charge in [0.05, 0.1) is 0 Å². The summed E-state index contributed by atoms with van der Waals surface area (Å²) < 4.78 is 0. The first-order valence-corrected chi connectivity index (χ1v) is 6.96. The number of hydrogen-bond donors (Lipinski definition) is 0. The van der Waals surface area contributed by atoms with E-state index in [0.29, 0.717) is 17.9 Å². The van der Waals surface area contributed by atoms with E-state index in [1.165, 1.54) is 0 Å². The molecule has 0 heterocycles. The minimum atomic E-state index is 0.0366. The van der Waals surface area contributed by atoms with Crippen LogP contribution in [0.5, 0.6) is 0 Å². The van der Waals surface area contributed by atoms with Crippen molar-refractivity contribution < 1.29 is 9.59 Å². The monoisotopic (exact) mass is 260 g/mol. The van der Waals surface area contributed by atoms with E-state index in [1.54, 1.807) is 6.92 Å². The van der Waals surface area contributed by atoms with Gasteiger partial charge >= 0.3 is 0 Å². The Bertz CT molecular complexity index is 470. The van der Waals surface area contributed by atoms with Gasteiger partial charge in [-0.15, -0.1) is 0 Å². The van der Waals surface area contributed by atoms with Crippen molar-refractivity contribution in [3.8, 4) is 0 Å². The molecule has 2 nitrogen and oxygen atoms in total. The van der Waals surface area contributed by atoms with Crippen LogP contribution in [0.4, 0.5) is 0 Å². The number of ketones is 2. The van der Waals surface area contributed by atoms with Crippen molar-refractivity contribution in [3.05, 3.63) is 34.9 Å². The molecule has 1 aromatic rings. The highest BCUT2D eigenvalue weighted by Gasteiger charge is 2.11. The molecule has 0 aliphatic rings. The van der Waals surface area contributed by atoms with Crippen molar-refractivity contribution in [1.29, 1.82) is 0 Å². The summed E-state index contributed by atoms with van der Waals surface area (Å²) in [5.41, 5.74) is 2.82. The minimum absolute atomic E-state index is 0.0366. The standard InChI is InChI=1S/C17H24O2/c1-11(2)6-14-7-15(10-17(19)12(3)4)9-16(8-14)13(5)18/h7-9,11-12H,6,10H2,1-5H3. The summed E-state index contributed by atoms with van der Waals surface area (Å²) in [5, 5.41) is 0. The molecule has 0 amide bonds. The molecule has 2 heteroatoms. The molecular weight excluding hydrogens is 236 g/mol. The molecule has 19 heavy (non-hydrogen) atoms. The average molecular weight is 260 g/mol. The molecule has 104 valence electrons. The number of carbonyl (C=O) groups is 2. The normalized spacial score (nSPS) is 11.1. The van der Waals surface area contributed by atoms with E-state index in [0.717, 1.165) is 17.5 Å². The Morgan fingerprint density at radius 1 is 1.00 bits per heavy atom. The van der Waals surface area contributed by atoms with Gasteiger partial charge < -0.3 is 0 Å². The highest BCUT2D eigenvalue weighted by molar-refractivity contribution is 5.94. The van der Waals surface area contributed by atoms with Crippen LogP contribution in [0.25, 0.3) is 0 Å². The first-order valence-electron chi connectivity index (χ1n) is 6.96. The molecule has 0 bridgehead atoms. The van der Waals surface area contributed by atoms with Gasteiger partial charge in [-0.1, -0.05) is 33.8 Å². The molecule has 0 saturated heterocycles. The van der Waals surface area contributed by atoms with Crippen LogP contribution in [0.15, 0.2) is 18.2 Å². The van der Waals surface area contributed by atoms with Crippen LogP contribution in [0.2, 0.25) is 0 Å². The van der Waals surface area contributed by atoms with Crippen LogP contribution in [0.3, 0.4) is 0 Å². The van der Waals surface area contributed by atoms with Crippen molar-refractivity contribution in [1.82, 2.24) is 0 Å². The minimum Gasteiger partial charge on any atom is -0.299 e. The molecule has 0 fully saturated rings. The third-order valence-corrected chi connectivity index (χ3v) is 3.13. The summed E-state index contributed by atoms with van der Waals surface area (Å²) in [6, 6.07) is 5.87. The molecule has 0 N–H and O–H groups in total. The Morgan fingerprint density at radius 2 is 1.58 bits per heavy atom. The topological polar surface area (TPSA) is 34.1 Å². The third-order valence-electron chi connectivity index (χ3n) is 3.13. The molecule has 0 aromatic heterocycles. The summed E-state index contributed by atoms with van der Waals surface area (Å²) >= 11 is 0. The maximum atomic E-state index is 11.8. The lowest BCUT2D eigenvalue weighted by Crippen LogP contribution is -2.11. The smallest absolute Gasteiger partial charge is 0.159 e. The third kappa shape index (κ3) is 4.98. The van der Waals surface area contributed by atoms with Crippen molar-refractivity contribution in [2.24, 2.45) is 11.8 Å². The van der Waals surface area contributed by atoms with E-state index in [4.69, 9.17) is 0 Å². The highest BCUT2D eigenvalue weighted by atomic mass is 16.1. The average Bonchev–Trinajstić information content (AvgIpc) is 2.27. The summed E-state index contributed by atoms with van der Waals surface area (Å²) in [6.45, 7) is 9.69. The first-order chi connectivity index (χ1) is 8.79. The molecule has 0 aliphatic heterocycles. The van der Waals surface area contributed by atoms with Gasteiger partial charge in [0, 0.05) is 17.9 Å². The fourth-order valence-electron chi connectivity index (χ4n) is 2.06. The number of carbonyl (C=O) groups excluding carboxylic acids is 2. The number of rotatable bonds is 6. The predicted molar refractivity (Wildman–Crippen MR) is 78.5 cm³/mol. The van der Waals surface area contributed by atoms with Crippen LogP contribution in [-0.4, -0.2) is 11.6 Å². The molecule has 0 saturated carbocycles. The van der Waals surface area contributed by atoms with Crippen molar-refractivity contribution >= 4 is 11.6 Å². The maximum absolute atomic E-state index is 11.8. The molecular formula is C17H24O2. The quantitative estimate of drug-likeness (QED) is 0.728. The SMILES string of the molecule is CC(=O)c1cc(CC(=O)C(C)C)cc(CC(C)C)c1. The molecule has 0 unspecified atom stereocenters. The largest absolute Gasteiger partial charge is 0.299 e. The summed E-state index contributed by atoms with van der Waals surface area (Å²) in [4.78, 5) is 23.4. The van der Waals surface area contributed by atoms with Gasteiger partial charge in [-0.05, 0) is 42.5 Å². The summed E-state index contributed by atoms with van der Waals surface area (Å²) in [5.74, 6) is 0.852. The Labute approximate surface area is 116 Å². The number of hydrogen-bond acceptors (Lipinski definition) is 2. The Hall–Kier alpha value is -1.44. The zero-order valence-electron chi connectivity index (χ0n) is 12.6. The Morgan fingerprint density at radius 3 is 2.05 bits per heavy atom. The van der Waals surface area contributed by atoms with E-state index in [-0.39, 0.29) is 17.5 Å². The van der Waals surface area contributed by atoms with Gasteiger partial charge in [0.1, 0.15) is 5.78 Å². The fraction of sp³-hybridized carbons (Fsp3) is 0.529. The molecule has 1 rings (SSSR count). The lowest BCUT2D eigenvalue weighted by molar-refractivity contribution is -0.121. The summed E-state index contributed by atoms with van der Waals surface area (Å²) in [6.07, 6.45) is 1.36. The van der Waals surface area contributed by atoms with Gasteiger partial charge in [0.2, 0.25) is 0 Å². The van der Waals surface area contributed by atoms with E-state index < -0.39 is 0 Å². The molecule has 0 aliphatic carbocycles. The Kier molecular flexibility index (Phi) is 5.46. The highest BCUT2D eigenvalue weighted by Crippen LogP contribution is 2.16. The lowest BCUT2D eigenvalue weighted by Gasteiger charge is -2.11. The predicted octanol–water partition coefficient (Wildman–Crippen LogP) is 3.86. The summed E-state index contributed by atoms with van der Waals surface area (Å²) in [7, 11) is 0. The lowest BCUT2D eigenvalue weighted by atomic mass is 9.93. The van der Waals surface area contributed by atoms with Crippen LogP contribution in [0.1, 0.15) is 56.1 Å². The second kappa shape index (κ2) is 6.65. The molecule has 1 aromatic carbocycles. The second-order valence-electron chi connectivity index (χ2n) is 5.99. The van der Waals surface area contributed by atoms with Gasteiger partial charge in [-0.25, -0.2) is 0 Å². The van der Waals surface area contributed by atoms with E-state index in [9.17, 15) is 9.59 Å². The van der Waals surface area contributed by atoms with Crippen molar-refractivity contribution in [3.63, 3.8) is 0 Å². The van der Waals surface area contributed by atoms with Gasteiger partial charge in [-0.3, -0.25) is 9.59 Å². The fourth-order valence-corrected chi connectivity index (χ4v) is 2.06. The zero-order valence-corrected chi connectivity index (χ0v) is 12.6. The van der Waals surface area contributed by atoms with E-state index >= 15 is 0 Å². The van der Waals surface area contributed by atoms with Crippen molar-refractivity contribution in [2.45, 2.75) is 47.5 Å². The van der Waals surface area contributed by atoms with Gasteiger partial charge in [-0.2, -0.15) is 0 Å². The van der Waals surface area contributed by atoms with E-state index in [1.807, 2.05) is 26.0 Å². The van der Waals surface area contributed by atoms with Crippen LogP contribution in [0, 0.1) is 11.8 Å². The van der Waals surface area contributed by atoms with Gasteiger partial charge in [0.25, 0.3) is 0 Å². The molecule has 0 radical (unpaired) electrons. The van der Waals surface area contributed by atoms with E-state index in [2.05, 4.69) is 19.9 Å². The Balaban J connectivity index is 3.06. The molecule has 0 atom stereocenters. The van der Waals surface area contributed by atoms with Crippen molar-refractivity contribution in [2.75, 3.05) is 0 Å². The first kappa shape index (κ1) is 15.6. The van der Waals surface area contributed by atoms with Crippen LogP contribution in [-0.2, 0) is 17.6 Å². The second-order valence-corrected chi connectivity index (χ2v) is 5.99. The van der Waals surface area contributed by atoms with Crippen LogP contribution >= 0.6 is 0 Å².